The summed E-state index contributed by atoms with van der Waals surface area (Å²) in [4.78, 5) is 11.8. The first kappa shape index (κ1) is 17.6. The van der Waals surface area contributed by atoms with E-state index in [4.69, 9.17) is 5.11 Å². The SMILES string of the molecule is CCC(C)CC(C)NC(=O)NC(C)C(CO)SC. The monoisotopic (exact) mass is 276 g/mol. The zero-order valence-corrected chi connectivity index (χ0v) is 13.0. The summed E-state index contributed by atoms with van der Waals surface area (Å²) in [6, 6.07) is -0.0133. The van der Waals surface area contributed by atoms with Gasteiger partial charge in [-0.3, -0.25) is 0 Å². The van der Waals surface area contributed by atoms with Gasteiger partial charge in [0.05, 0.1) is 6.61 Å². The van der Waals surface area contributed by atoms with E-state index in [2.05, 4.69) is 24.5 Å². The Hall–Kier alpha value is -0.420. The minimum atomic E-state index is -0.147. The molecule has 4 nitrogen and oxygen atoms in total. The molecule has 0 spiro atoms. The number of aliphatic hydroxyl groups is 1. The number of carbonyl (C=O) groups is 1. The van der Waals surface area contributed by atoms with Crippen molar-refractivity contribution in [3.63, 3.8) is 0 Å². The maximum Gasteiger partial charge on any atom is 0.315 e. The van der Waals surface area contributed by atoms with Crippen molar-refractivity contribution in [3.8, 4) is 0 Å². The normalized spacial score (nSPS) is 17.7. The molecule has 2 amide bonds. The summed E-state index contributed by atoms with van der Waals surface area (Å²) in [5.41, 5.74) is 0. The Kier molecular flexibility index (Phi) is 9.28. The van der Waals surface area contributed by atoms with Gasteiger partial charge in [0.2, 0.25) is 0 Å². The molecule has 3 N–H and O–H groups in total. The van der Waals surface area contributed by atoms with Crippen molar-refractivity contribution in [3.05, 3.63) is 0 Å². The Balaban J connectivity index is 4.02. The summed E-state index contributed by atoms with van der Waals surface area (Å²) in [6.07, 6.45) is 4.05. The van der Waals surface area contributed by atoms with E-state index in [1.165, 1.54) is 0 Å². The first-order chi connectivity index (χ1) is 8.44. The van der Waals surface area contributed by atoms with Gasteiger partial charge in [-0.05, 0) is 32.4 Å². The maximum atomic E-state index is 11.8. The van der Waals surface area contributed by atoms with Gasteiger partial charge in [-0.2, -0.15) is 11.8 Å². The molecule has 0 aliphatic rings. The Morgan fingerprint density at radius 1 is 1.28 bits per heavy atom. The molecule has 0 aromatic rings. The lowest BCUT2D eigenvalue weighted by Gasteiger charge is -2.23. The maximum absolute atomic E-state index is 11.8. The highest BCUT2D eigenvalue weighted by Crippen LogP contribution is 2.11. The Morgan fingerprint density at radius 2 is 1.89 bits per heavy atom. The van der Waals surface area contributed by atoms with Crippen LogP contribution in [0.3, 0.4) is 0 Å². The molecule has 0 fully saturated rings. The van der Waals surface area contributed by atoms with Gasteiger partial charge in [0, 0.05) is 17.3 Å². The summed E-state index contributed by atoms with van der Waals surface area (Å²) in [5.74, 6) is 0.620. The van der Waals surface area contributed by atoms with E-state index in [0.717, 1.165) is 12.8 Å². The van der Waals surface area contributed by atoms with Gasteiger partial charge in [0.25, 0.3) is 0 Å². The molecule has 0 saturated carbocycles. The van der Waals surface area contributed by atoms with Crippen molar-refractivity contribution >= 4 is 17.8 Å². The molecule has 0 aromatic carbocycles. The second-order valence-electron chi connectivity index (χ2n) is 5.01. The number of thioether (sulfide) groups is 1. The molecule has 4 atom stereocenters. The topological polar surface area (TPSA) is 61.4 Å². The summed E-state index contributed by atoms with van der Waals surface area (Å²) < 4.78 is 0. The number of nitrogens with one attached hydrogen (secondary N) is 2. The number of rotatable bonds is 8. The lowest BCUT2D eigenvalue weighted by molar-refractivity contribution is 0.228. The van der Waals surface area contributed by atoms with Crippen molar-refractivity contribution < 1.29 is 9.90 Å². The van der Waals surface area contributed by atoms with Crippen LogP contribution in [0.4, 0.5) is 4.79 Å². The standard InChI is InChI=1S/C13H28N2O2S/c1-6-9(2)7-10(3)14-13(17)15-11(4)12(8-16)18-5/h9-12,16H,6-8H2,1-5H3,(H2,14,15,17). The molecular formula is C13H28N2O2S. The van der Waals surface area contributed by atoms with Crippen LogP contribution in [0.25, 0.3) is 0 Å². The van der Waals surface area contributed by atoms with Crippen LogP contribution < -0.4 is 10.6 Å². The van der Waals surface area contributed by atoms with E-state index in [1.807, 2.05) is 20.1 Å². The lowest BCUT2D eigenvalue weighted by atomic mass is 10.0. The van der Waals surface area contributed by atoms with E-state index >= 15 is 0 Å². The fourth-order valence-electron chi connectivity index (χ4n) is 1.83. The summed E-state index contributed by atoms with van der Waals surface area (Å²) in [5, 5.41) is 15.0. The van der Waals surface area contributed by atoms with Gasteiger partial charge in [-0.1, -0.05) is 20.3 Å². The molecule has 0 radical (unpaired) electrons. The van der Waals surface area contributed by atoms with E-state index in [-0.39, 0.29) is 30.0 Å². The summed E-state index contributed by atoms with van der Waals surface area (Å²) in [6.45, 7) is 8.36. The number of aliphatic hydroxyl groups excluding tert-OH is 1. The van der Waals surface area contributed by atoms with Crippen LogP contribution in [0.1, 0.15) is 40.5 Å². The molecule has 5 heteroatoms. The smallest absolute Gasteiger partial charge is 0.315 e. The third-order valence-electron chi connectivity index (χ3n) is 3.23. The number of hydrogen-bond acceptors (Lipinski definition) is 3. The molecule has 0 rings (SSSR count). The fraction of sp³-hybridized carbons (Fsp3) is 0.923. The third kappa shape index (κ3) is 7.11. The molecule has 18 heavy (non-hydrogen) atoms. The molecule has 0 saturated heterocycles. The van der Waals surface area contributed by atoms with Crippen LogP contribution in [0.5, 0.6) is 0 Å². The third-order valence-corrected chi connectivity index (χ3v) is 4.39. The first-order valence-electron chi connectivity index (χ1n) is 6.65. The second-order valence-corrected chi connectivity index (χ2v) is 6.09. The van der Waals surface area contributed by atoms with Crippen LogP contribution in [-0.4, -0.2) is 41.3 Å². The molecule has 0 aromatic heterocycles. The number of urea groups is 1. The summed E-state index contributed by atoms with van der Waals surface area (Å²) in [7, 11) is 0. The van der Waals surface area contributed by atoms with Crippen LogP contribution >= 0.6 is 11.8 Å². The van der Waals surface area contributed by atoms with Gasteiger partial charge >= 0.3 is 6.03 Å². The van der Waals surface area contributed by atoms with E-state index in [0.29, 0.717) is 5.92 Å². The summed E-state index contributed by atoms with van der Waals surface area (Å²) >= 11 is 1.56. The average molecular weight is 276 g/mol. The molecule has 0 bridgehead atoms. The average Bonchev–Trinajstić information content (AvgIpc) is 2.29. The van der Waals surface area contributed by atoms with Crippen molar-refractivity contribution in [2.75, 3.05) is 12.9 Å². The minimum absolute atomic E-state index is 0.0409. The highest BCUT2D eigenvalue weighted by atomic mass is 32.2. The zero-order valence-electron chi connectivity index (χ0n) is 12.2. The van der Waals surface area contributed by atoms with Gasteiger partial charge in [0.15, 0.2) is 0 Å². The van der Waals surface area contributed by atoms with Crippen molar-refractivity contribution in [1.29, 1.82) is 0 Å². The van der Waals surface area contributed by atoms with Gasteiger partial charge in [-0.25, -0.2) is 4.79 Å². The number of carbonyl (C=O) groups excluding carboxylic acids is 1. The van der Waals surface area contributed by atoms with Gasteiger partial charge in [0.1, 0.15) is 0 Å². The zero-order chi connectivity index (χ0) is 14.1. The minimum Gasteiger partial charge on any atom is -0.395 e. The highest BCUT2D eigenvalue weighted by Gasteiger charge is 2.18. The largest absolute Gasteiger partial charge is 0.395 e. The van der Waals surface area contributed by atoms with Crippen LogP contribution in [0.15, 0.2) is 0 Å². The molecular weight excluding hydrogens is 248 g/mol. The van der Waals surface area contributed by atoms with E-state index in [1.54, 1.807) is 11.8 Å². The number of amides is 2. The van der Waals surface area contributed by atoms with Crippen LogP contribution in [-0.2, 0) is 0 Å². The quantitative estimate of drug-likeness (QED) is 0.637. The van der Waals surface area contributed by atoms with Gasteiger partial charge in [-0.15, -0.1) is 0 Å². The molecule has 0 aliphatic carbocycles. The Labute approximate surface area is 115 Å². The highest BCUT2D eigenvalue weighted by molar-refractivity contribution is 7.99. The van der Waals surface area contributed by atoms with Gasteiger partial charge < -0.3 is 15.7 Å². The predicted molar refractivity (Wildman–Crippen MR) is 79.1 cm³/mol. The predicted octanol–water partition coefficient (Wildman–Crippen LogP) is 2.22. The lowest BCUT2D eigenvalue weighted by Crippen LogP contribution is -2.48. The van der Waals surface area contributed by atoms with E-state index < -0.39 is 0 Å². The first-order valence-corrected chi connectivity index (χ1v) is 7.94. The molecule has 0 aliphatic heterocycles. The van der Waals surface area contributed by atoms with E-state index in [9.17, 15) is 4.79 Å². The van der Waals surface area contributed by atoms with Crippen LogP contribution in [0, 0.1) is 5.92 Å². The number of hydrogen-bond donors (Lipinski definition) is 3. The van der Waals surface area contributed by atoms with Crippen LogP contribution in [0.2, 0.25) is 0 Å². The Bertz CT molecular complexity index is 235. The van der Waals surface area contributed by atoms with Crippen molar-refractivity contribution in [2.24, 2.45) is 5.92 Å². The molecule has 4 unspecified atom stereocenters. The second kappa shape index (κ2) is 9.50. The Morgan fingerprint density at radius 3 is 2.33 bits per heavy atom. The van der Waals surface area contributed by atoms with Crippen molar-refractivity contribution in [1.82, 2.24) is 10.6 Å². The molecule has 108 valence electrons. The van der Waals surface area contributed by atoms with Crippen molar-refractivity contribution in [2.45, 2.75) is 57.9 Å². The molecule has 0 heterocycles. The fourth-order valence-corrected chi connectivity index (χ4v) is 2.46.